The number of para-hydroxylation sites is 1. The molecule has 1 aliphatic rings. The Labute approximate surface area is 119 Å². The molecule has 0 aliphatic heterocycles. The Kier molecular flexibility index (Phi) is 5.16. The van der Waals surface area contributed by atoms with E-state index in [4.69, 9.17) is 5.11 Å². The molecule has 0 radical (unpaired) electrons. The van der Waals surface area contributed by atoms with E-state index in [1.165, 1.54) is 25.7 Å². The lowest BCUT2D eigenvalue weighted by Gasteiger charge is -2.11. The van der Waals surface area contributed by atoms with Gasteiger partial charge in [-0.25, -0.2) is 0 Å². The van der Waals surface area contributed by atoms with Crippen LogP contribution in [0.3, 0.4) is 0 Å². The predicted molar refractivity (Wildman–Crippen MR) is 77.6 cm³/mol. The smallest absolute Gasteiger partial charge is 0.307 e. The van der Waals surface area contributed by atoms with Crippen LogP contribution in [0.1, 0.15) is 44.1 Å². The molecule has 0 unspecified atom stereocenters. The largest absolute Gasteiger partial charge is 0.481 e. The van der Waals surface area contributed by atoms with Crippen molar-refractivity contribution in [3.63, 3.8) is 0 Å². The SMILES string of the molecule is O=C(O)Cc1ccccc1NC(=O)CCC1CCCC1. The van der Waals surface area contributed by atoms with Crippen LogP contribution in [0.4, 0.5) is 5.69 Å². The summed E-state index contributed by atoms with van der Waals surface area (Å²) in [6.45, 7) is 0. The number of hydrogen-bond donors (Lipinski definition) is 2. The van der Waals surface area contributed by atoms with Crippen LogP contribution >= 0.6 is 0 Å². The zero-order valence-corrected chi connectivity index (χ0v) is 11.6. The van der Waals surface area contributed by atoms with Crippen molar-refractivity contribution in [2.45, 2.75) is 44.9 Å². The molecule has 0 atom stereocenters. The summed E-state index contributed by atoms with van der Waals surface area (Å²) in [5.41, 5.74) is 1.26. The van der Waals surface area contributed by atoms with Gasteiger partial charge in [0.1, 0.15) is 0 Å². The number of hydrogen-bond acceptors (Lipinski definition) is 2. The van der Waals surface area contributed by atoms with Gasteiger partial charge in [-0.3, -0.25) is 9.59 Å². The summed E-state index contributed by atoms with van der Waals surface area (Å²) in [4.78, 5) is 22.7. The van der Waals surface area contributed by atoms with Crippen LogP contribution in [0, 0.1) is 5.92 Å². The average Bonchev–Trinajstić information content (AvgIpc) is 2.91. The molecule has 0 heterocycles. The second-order valence-corrected chi connectivity index (χ2v) is 5.46. The number of carbonyl (C=O) groups excluding carboxylic acids is 1. The molecule has 1 aromatic carbocycles. The minimum atomic E-state index is -0.891. The maximum atomic E-state index is 11.9. The molecule has 1 amide bonds. The normalized spacial score (nSPS) is 15.2. The fraction of sp³-hybridized carbons (Fsp3) is 0.500. The number of carbonyl (C=O) groups is 2. The van der Waals surface area contributed by atoms with E-state index in [0.717, 1.165) is 6.42 Å². The van der Waals surface area contributed by atoms with E-state index < -0.39 is 5.97 Å². The molecule has 0 spiro atoms. The van der Waals surface area contributed by atoms with Gasteiger partial charge in [0.2, 0.25) is 5.91 Å². The van der Waals surface area contributed by atoms with Crippen LogP contribution in [0.5, 0.6) is 0 Å². The Bertz CT molecular complexity index is 478. The standard InChI is InChI=1S/C16H21NO3/c18-15(10-9-12-5-1-2-6-12)17-14-8-4-3-7-13(14)11-16(19)20/h3-4,7-8,12H,1-2,5-6,9-11H2,(H,17,18)(H,19,20). The molecule has 1 fully saturated rings. The third-order valence-corrected chi connectivity index (χ3v) is 3.89. The van der Waals surface area contributed by atoms with E-state index >= 15 is 0 Å². The second-order valence-electron chi connectivity index (χ2n) is 5.46. The summed E-state index contributed by atoms with van der Waals surface area (Å²) < 4.78 is 0. The molecule has 2 N–H and O–H groups in total. The molecule has 0 aromatic heterocycles. The van der Waals surface area contributed by atoms with Crippen molar-refractivity contribution in [1.29, 1.82) is 0 Å². The summed E-state index contributed by atoms with van der Waals surface area (Å²) in [6, 6.07) is 7.08. The van der Waals surface area contributed by atoms with Crippen LogP contribution in [-0.2, 0) is 16.0 Å². The van der Waals surface area contributed by atoms with Crippen molar-refractivity contribution in [2.24, 2.45) is 5.92 Å². The molecule has 0 bridgehead atoms. The lowest BCUT2D eigenvalue weighted by molar-refractivity contribution is -0.136. The Morgan fingerprint density at radius 1 is 1.20 bits per heavy atom. The predicted octanol–water partition coefficient (Wildman–Crippen LogP) is 3.22. The minimum absolute atomic E-state index is 0.0188. The number of anilines is 1. The third-order valence-electron chi connectivity index (χ3n) is 3.89. The fourth-order valence-corrected chi connectivity index (χ4v) is 2.81. The highest BCUT2D eigenvalue weighted by molar-refractivity contribution is 5.92. The number of carboxylic acid groups (broad SMARTS) is 1. The number of aliphatic carboxylic acids is 1. The monoisotopic (exact) mass is 275 g/mol. The first-order chi connectivity index (χ1) is 9.65. The summed E-state index contributed by atoms with van der Waals surface area (Å²) >= 11 is 0. The van der Waals surface area contributed by atoms with Gasteiger partial charge in [-0.05, 0) is 24.0 Å². The molecule has 1 aliphatic carbocycles. The van der Waals surface area contributed by atoms with Crippen LogP contribution in [-0.4, -0.2) is 17.0 Å². The van der Waals surface area contributed by atoms with Crippen molar-refractivity contribution in [3.8, 4) is 0 Å². The fourth-order valence-electron chi connectivity index (χ4n) is 2.81. The van der Waals surface area contributed by atoms with E-state index in [-0.39, 0.29) is 12.3 Å². The Morgan fingerprint density at radius 3 is 2.60 bits per heavy atom. The maximum Gasteiger partial charge on any atom is 0.307 e. The highest BCUT2D eigenvalue weighted by Gasteiger charge is 2.16. The lowest BCUT2D eigenvalue weighted by atomic mass is 10.0. The maximum absolute atomic E-state index is 11.9. The number of nitrogens with one attached hydrogen (secondary N) is 1. The molecular formula is C16H21NO3. The topological polar surface area (TPSA) is 66.4 Å². The van der Waals surface area contributed by atoms with E-state index in [0.29, 0.717) is 23.6 Å². The second kappa shape index (κ2) is 7.08. The Balaban J connectivity index is 1.88. The van der Waals surface area contributed by atoms with Gasteiger partial charge in [0.15, 0.2) is 0 Å². The highest BCUT2D eigenvalue weighted by atomic mass is 16.4. The van der Waals surface area contributed by atoms with E-state index in [9.17, 15) is 9.59 Å². The third kappa shape index (κ3) is 4.37. The summed E-state index contributed by atoms with van der Waals surface area (Å²) in [7, 11) is 0. The highest BCUT2D eigenvalue weighted by Crippen LogP contribution is 2.28. The first kappa shape index (κ1) is 14.6. The molecule has 4 nitrogen and oxygen atoms in total. The molecule has 0 saturated heterocycles. The number of rotatable bonds is 6. The minimum Gasteiger partial charge on any atom is -0.481 e. The van der Waals surface area contributed by atoms with Gasteiger partial charge in [-0.15, -0.1) is 0 Å². The summed E-state index contributed by atoms with van der Waals surface area (Å²) in [5, 5.41) is 11.7. The van der Waals surface area contributed by atoms with Gasteiger partial charge in [0, 0.05) is 12.1 Å². The number of carboxylic acids is 1. The first-order valence-corrected chi connectivity index (χ1v) is 7.24. The lowest BCUT2D eigenvalue weighted by Crippen LogP contribution is -2.15. The van der Waals surface area contributed by atoms with Crippen molar-refractivity contribution >= 4 is 17.6 Å². The van der Waals surface area contributed by atoms with E-state index in [1.54, 1.807) is 24.3 Å². The van der Waals surface area contributed by atoms with Gasteiger partial charge < -0.3 is 10.4 Å². The molecule has 1 aromatic rings. The van der Waals surface area contributed by atoms with Gasteiger partial charge >= 0.3 is 5.97 Å². The van der Waals surface area contributed by atoms with Crippen LogP contribution in [0.25, 0.3) is 0 Å². The summed E-state index contributed by atoms with van der Waals surface area (Å²) in [5.74, 6) is -0.220. The molecule has 2 rings (SSSR count). The zero-order valence-electron chi connectivity index (χ0n) is 11.6. The van der Waals surface area contributed by atoms with Gasteiger partial charge in [0.05, 0.1) is 6.42 Å². The van der Waals surface area contributed by atoms with Crippen molar-refractivity contribution in [1.82, 2.24) is 0 Å². The zero-order chi connectivity index (χ0) is 14.4. The number of amides is 1. The molecule has 1 saturated carbocycles. The Morgan fingerprint density at radius 2 is 1.90 bits per heavy atom. The van der Waals surface area contributed by atoms with Gasteiger partial charge in [-0.1, -0.05) is 43.9 Å². The molecule has 20 heavy (non-hydrogen) atoms. The van der Waals surface area contributed by atoms with E-state index in [1.807, 2.05) is 0 Å². The van der Waals surface area contributed by atoms with E-state index in [2.05, 4.69) is 5.32 Å². The summed E-state index contributed by atoms with van der Waals surface area (Å²) in [6.07, 6.45) is 6.44. The van der Waals surface area contributed by atoms with Crippen LogP contribution in [0.2, 0.25) is 0 Å². The first-order valence-electron chi connectivity index (χ1n) is 7.24. The van der Waals surface area contributed by atoms with Crippen molar-refractivity contribution < 1.29 is 14.7 Å². The van der Waals surface area contributed by atoms with Crippen LogP contribution in [0.15, 0.2) is 24.3 Å². The average molecular weight is 275 g/mol. The quantitative estimate of drug-likeness (QED) is 0.837. The van der Waals surface area contributed by atoms with Crippen molar-refractivity contribution in [2.75, 3.05) is 5.32 Å². The molecule has 4 heteroatoms. The Hall–Kier alpha value is -1.84. The molecule has 108 valence electrons. The number of benzene rings is 1. The van der Waals surface area contributed by atoms with Crippen LogP contribution < -0.4 is 5.32 Å². The molecular weight excluding hydrogens is 254 g/mol. The van der Waals surface area contributed by atoms with Gasteiger partial charge in [-0.2, -0.15) is 0 Å². The van der Waals surface area contributed by atoms with Gasteiger partial charge in [0.25, 0.3) is 0 Å². The van der Waals surface area contributed by atoms with Crippen molar-refractivity contribution in [3.05, 3.63) is 29.8 Å².